The summed E-state index contributed by atoms with van der Waals surface area (Å²) >= 11 is 0. The molecule has 5 nitrogen and oxygen atoms in total. The summed E-state index contributed by atoms with van der Waals surface area (Å²) in [6.45, 7) is 4.09. The Kier molecular flexibility index (Phi) is 9.40. The fraction of sp³-hybridized carbons (Fsp3) is 0.138. The van der Waals surface area contributed by atoms with Crippen LogP contribution in [0, 0.1) is 11.6 Å². The summed E-state index contributed by atoms with van der Waals surface area (Å²) in [6, 6.07) is 25.3. The topological polar surface area (TPSA) is 73.6 Å². The maximum Gasteiger partial charge on any atom is 0.340 e. The lowest BCUT2D eigenvalue weighted by Crippen LogP contribution is -2.13. The average Bonchev–Trinajstić information content (AvgIpc) is 2.93. The predicted octanol–water partition coefficient (Wildman–Crippen LogP) is 7.25. The van der Waals surface area contributed by atoms with Crippen molar-refractivity contribution in [2.75, 3.05) is 11.1 Å². The highest BCUT2D eigenvalue weighted by Gasteiger charge is 2.24. The minimum atomic E-state index is -0.944. The molecule has 0 saturated heterocycles. The second-order valence-corrected chi connectivity index (χ2v) is 7.47. The molecular weight excluding hydrogens is 462 g/mol. The Morgan fingerprint density at radius 2 is 1.39 bits per heavy atom. The molecule has 186 valence electrons. The Morgan fingerprint density at radius 1 is 0.833 bits per heavy atom. The number of anilines is 3. The van der Waals surface area contributed by atoms with E-state index < -0.39 is 17.6 Å². The fourth-order valence-corrected chi connectivity index (χ4v) is 3.28. The van der Waals surface area contributed by atoms with E-state index in [1.165, 1.54) is 24.3 Å². The highest BCUT2D eigenvalue weighted by atomic mass is 19.1. The third kappa shape index (κ3) is 6.60. The Labute approximate surface area is 209 Å². The van der Waals surface area contributed by atoms with E-state index in [2.05, 4.69) is 5.32 Å². The smallest absolute Gasteiger partial charge is 0.340 e. The highest BCUT2D eigenvalue weighted by molar-refractivity contribution is 5.98. The molecule has 0 heterocycles. The number of para-hydroxylation sites is 1. The second-order valence-electron chi connectivity index (χ2n) is 7.47. The van der Waals surface area contributed by atoms with Crippen molar-refractivity contribution in [3.63, 3.8) is 0 Å². The number of nitrogens with one attached hydrogen (secondary N) is 1. The van der Waals surface area contributed by atoms with Gasteiger partial charge in [-0.2, -0.15) is 0 Å². The predicted molar refractivity (Wildman–Crippen MR) is 138 cm³/mol. The van der Waals surface area contributed by atoms with Crippen LogP contribution in [0.1, 0.15) is 35.3 Å². The van der Waals surface area contributed by atoms with E-state index >= 15 is 4.39 Å². The van der Waals surface area contributed by atoms with Crippen LogP contribution in [-0.4, -0.2) is 5.97 Å². The van der Waals surface area contributed by atoms with Crippen LogP contribution in [0.25, 0.3) is 0 Å². The SMILES string of the molecule is CC.Nc1c(OCc2ccccc2)cc(C(=O)OCc2ccccc2)c(Nc2ccccc2F)c1F. The lowest BCUT2D eigenvalue weighted by atomic mass is 10.1. The van der Waals surface area contributed by atoms with E-state index in [-0.39, 0.29) is 41.6 Å². The number of halogens is 2. The first-order valence-electron chi connectivity index (χ1n) is 11.5. The number of ether oxygens (including phenoxy) is 2. The minimum Gasteiger partial charge on any atom is -0.487 e. The Morgan fingerprint density at radius 3 is 2.00 bits per heavy atom. The second kappa shape index (κ2) is 12.9. The van der Waals surface area contributed by atoms with Crippen LogP contribution >= 0.6 is 0 Å². The van der Waals surface area contributed by atoms with E-state index in [1.54, 1.807) is 18.2 Å². The molecule has 36 heavy (non-hydrogen) atoms. The van der Waals surface area contributed by atoms with Crippen LogP contribution in [0.2, 0.25) is 0 Å². The van der Waals surface area contributed by atoms with Crippen LogP contribution in [0.3, 0.4) is 0 Å². The van der Waals surface area contributed by atoms with Gasteiger partial charge in [0.25, 0.3) is 0 Å². The molecule has 4 aromatic rings. The third-order valence-electron chi connectivity index (χ3n) is 5.07. The number of carbonyl (C=O) groups is 1. The quantitative estimate of drug-likeness (QED) is 0.201. The van der Waals surface area contributed by atoms with Crippen molar-refractivity contribution in [1.29, 1.82) is 0 Å². The fourth-order valence-electron chi connectivity index (χ4n) is 3.28. The number of hydrogen-bond acceptors (Lipinski definition) is 5. The maximum atomic E-state index is 15.4. The lowest BCUT2D eigenvalue weighted by Gasteiger charge is -2.18. The molecule has 4 rings (SSSR count). The van der Waals surface area contributed by atoms with Crippen LogP contribution < -0.4 is 15.8 Å². The minimum absolute atomic E-state index is 0.0177. The van der Waals surface area contributed by atoms with Crippen molar-refractivity contribution < 1.29 is 23.0 Å². The van der Waals surface area contributed by atoms with Gasteiger partial charge in [-0.3, -0.25) is 0 Å². The molecule has 0 saturated carbocycles. The lowest BCUT2D eigenvalue weighted by molar-refractivity contribution is 0.0473. The van der Waals surface area contributed by atoms with Gasteiger partial charge in [-0.1, -0.05) is 86.6 Å². The molecule has 7 heteroatoms. The zero-order chi connectivity index (χ0) is 25.9. The third-order valence-corrected chi connectivity index (χ3v) is 5.07. The molecule has 0 amide bonds. The van der Waals surface area contributed by atoms with E-state index in [9.17, 15) is 9.18 Å². The molecule has 0 aliphatic rings. The molecule has 4 aromatic carbocycles. The highest BCUT2D eigenvalue weighted by Crippen LogP contribution is 2.37. The van der Waals surface area contributed by atoms with Crippen molar-refractivity contribution in [3.8, 4) is 5.75 Å². The van der Waals surface area contributed by atoms with E-state index in [0.29, 0.717) is 0 Å². The first kappa shape index (κ1) is 26.2. The molecule has 0 bridgehead atoms. The van der Waals surface area contributed by atoms with Crippen LogP contribution in [0.4, 0.5) is 25.8 Å². The van der Waals surface area contributed by atoms with Gasteiger partial charge in [0.1, 0.15) is 30.5 Å². The number of nitrogen functional groups attached to an aromatic ring is 1. The first-order chi connectivity index (χ1) is 17.5. The van der Waals surface area contributed by atoms with Crippen molar-refractivity contribution in [2.24, 2.45) is 0 Å². The maximum absolute atomic E-state index is 15.4. The number of nitrogens with two attached hydrogens (primary N) is 1. The normalized spacial score (nSPS) is 10.1. The van der Waals surface area contributed by atoms with Gasteiger partial charge >= 0.3 is 5.97 Å². The Hall–Kier alpha value is -4.39. The number of benzene rings is 4. The van der Waals surface area contributed by atoms with Crippen molar-refractivity contribution >= 4 is 23.0 Å². The zero-order valence-corrected chi connectivity index (χ0v) is 20.1. The number of esters is 1. The summed E-state index contributed by atoms with van der Waals surface area (Å²) in [6.07, 6.45) is 0. The standard InChI is InChI=1S/C27H22F2N2O3.C2H6/c28-21-13-7-8-14-22(21)31-26-20(27(32)34-17-19-11-5-2-6-12-19)15-23(25(30)24(26)29)33-16-18-9-3-1-4-10-18;1-2/h1-15,31H,16-17,30H2;1-2H3. The average molecular weight is 491 g/mol. The molecule has 0 aliphatic carbocycles. The van der Waals surface area contributed by atoms with E-state index in [4.69, 9.17) is 15.2 Å². The van der Waals surface area contributed by atoms with Crippen LogP contribution in [0.15, 0.2) is 91.0 Å². The Bertz CT molecular complexity index is 1280. The molecule has 0 atom stereocenters. The van der Waals surface area contributed by atoms with Gasteiger partial charge in [-0.05, 0) is 29.3 Å². The van der Waals surface area contributed by atoms with E-state index in [0.717, 1.165) is 11.1 Å². The molecule has 0 spiro atoms. The van der Waals surface area contributed by atoms with Crippen LogP contribution in [-0.2, 0) is 18.0 Å². The van der Waals surface area contributed by atoms with Crippen molar-refractivity contribution in [1.82, 2.24) is 0 Å². The molecule has 3 N–H and O–H groups in total. The summed E-state index contributed by atoms with van der Waals surface area (Å²) < 4.78 is 40.7. The largest absolute Gasteiger partial charge is 0.487 e. The summed E-state index contributed by atoms with van der Waals surface area (Å²) in [7, 11) is 0. The molecule has 0 aliphatic heterocycles. The molecule has 0 unspecified atom stereocenters. The first-order valence-corrected chi connectivity index (χ1v) is 11.5. The number of carbonyl (C=O) groups excluding carboxylic acids is 1. The zero-order valence-electron chi connectivity index (χ0n) is 20.1. The van der Waals surface area contributed by atoms with Gasteiger partial charge < -0.3 is 20.5 Å². The molecule has 0 aromatic heterocycles. The number of rotatable bonds is 8. The monoisotopic (exact) mass is 490 g/mol. The van der Waals surface area contributed by atoms with E-state index in [1.807, 2.05) is 62.4 Å². The van der Waals surface area contributed by atoms with Crippen molar-refractivity contribution in [3.05, 3.63) is 119 Å². The molecule has 0 fully saturated rings. The molecular formula is C29H28F2N2O3. The van der Waals surface area contributed by atoms with Crippen LogP contribution in [0.5, 0.6) is 5.75 Å². The Balaban J connectivity index is 0.00000176. The van der Waals surface area contributed by atoms with Gasteiger partial charge in [0.15, 0.2) is 5.82 Å². The van der Waals surface area contributed by atoms with Gasteiger partial charge in [0.2, 0.25) is 0 Å². The van der Waals surface area contributed by atoms with Gasteiger partial charge in [-0.15, -0.1) is 0 Å². The van der Waals surface area contributed by atoms with Gasteiger partial charge in [0, 0.05) is 0 Å². The van der Waals surface area contributed by atoms with Gasteiger partial charge in [0.05, 0.1) is 16.9 Å². The van der Waals surface area contributed by atoms with Crippen molar-refractivity contribution in [2.45, 2.75) is 27.1 Å². The summed E-state index contributed by atoms with van der Waals surface area (Å²) in [4.78, 5) is 13.0. The van der Waals surface area contributed by atoms with Gasteiger partial charge in [-0.25, -0.2) is 13.6 Å². The summed E-state index contributed by atoms with van der Waals surface area (Å²) in [5.74, 6) is -2.40. The number of hydrogen-bond donors (Lipinski definition) is 2. The summed E-state index contributed by atoms with van der Waals surface area (Å²) in [5, 5.41) is 2.64. The summed E-state index contributed by atoms with van der Waals surface area (Å²) in [5.41, 5.74) is 6.79. The molecule has 0 radical (unpaired) electrons.